The third-order valence-electron chi connectivity index (χ3n) is 8.16. The van der Waals surface area contributed by atoms with E-state index >= 15 is 0 Å². The number of rotatable bonds is 8. The summed E-state index contributed by atoms with van der Waals surface area (Å²) in [5.41, 5.74) is 1.51. The van der Waals surface area contributed by atoms with Crippen molar-refractivity contribution < 1.29 is 23.4 Å². The summed E-state index contributed by atoms with van der Waals surface area (Å²) < 4.78 is 31.5. The molecule has 5 rings (SSSR count). The first-order valence-electron chi connectivity index (χ1n) is 13.3. The van der Waals surface area contributed by atoms with Gasteiger partial charge in [-0.15, -0.1) is 11.8 Å². The Morgan fingerprint density at radius 1 is 1.18 bits per heavy atom. The lowest BCUT2D eigenvalue weighted by Crippen LogP contribution is -2.65. The molecule has 11 heteroatoms. The number of hydrogen-bond donors (Lipinski definition) is 3. The number of benzene rings is 1. The van der Waals surface area contributed by atoms with Crippen LogP contribution in [0.15, 0.2) is 21.8 Å². The number of halogens is 2. The zero-order valence-electron chi connectivity index (χ0n) is 22.7. The third-order valence-corrected chi connectivity index (χ3v) is 9.24. The van der Waals surface area contributed by atoms with E-state index in [1.807, 2.05) is 33.1 Å². The number of H-pyrrole nitrogens is 1. The average Bonchev–Trinajstić information content (AvgIpc) is 3.27. The number of pyridine rings is 1. The second-order valence-electron chi connectivity index (χ2n) is 11.0. The predicted octanol–water partition coefficient (Wildman–Crippen LogP) is 4.67. The SMILES string of the molecule is CSc1cc(C)[nH]c(=O)c1CNC(=O)c1cc(Cl)c2c(c1C)OC(C)(C1CCC(NC3(CF)COC3)CC1)O2. The molecule has 1 unspecified atom stereocenters. The molecule has 1 atom stereocenters. The Morgan fingerprint density at radius 2 is 1.87 bits per heavy atom. The highest BCUT2D eigenvalue weighted by molar-refractivity contribution is 7.98. The smallest absolute Gasteiger partial charge is 0.254 e. The molecule has 2 aliphatic heterocycles. The second kappa shape index (κ2) is 11.0. The maximum Gasteiger partial charge on any atom is 0.254 e. The number of aryl methyl sites for hydroxylation is 1. The van der Waals surface area contributed by atoms with Gasteiger partial charge in [-0.2, -0.15) is 0 Å². The number of aromatic amines is 1. The van der Waals surface area contributed by atoms with Crippen molar-refractivity contribution in [2.75, 3.05) is 26.1 Å². The van der Waals surface area contributed by atoms with Gasteiger partial charge in [0.15, 0.2) is 11.5 Å². The normalized spacial score (nSPS) is 25.3. The van der Waals surface area contributed by atoms with Gasteiger partial charge in [0.2, 0.25) is 0 Å². The van der Waals surface area contributed by atoms with Crippen LogP contribution >= 0.6 is 23.4 Å². The molecule has 0 spiro atoms. The molecule has 1 aromatic heterocycles. The summed E-state index contributed by atoms with van der Waals surface area (Å²) in [6.07, 6.45) is 5.34. The largest absolute Gasteiger partial charge is 0.448 e. The molecule has 1 aromatic carbocycles. The number of amides is 1. The molecule has 1 saturated heterocycles. The highest BCUT2D eigenvalue weighted by Crippen LogP contribution is 2.51. The lowest BCUT2D eigenvalue weighted by molar-refractivity contribution is -0.126. The third kappa shape index (κ3) is 5.40. The van der Waals surface area contributed by atoms with E-state index in [9.17, 15) is 14.0 Å². The average molecular weight is 580 g/mol. The van der Waals surface area contributed by atoms with Gasteiger partial charge >= 0.3 is 0 Å². The van der Waals surface area contributed by atoms with Crippen LogP contribution in [0.5, 0.6) is 11.5 Å². The Kier molecular flexibility index (Phi) is 7.94. The standard InChI is InChI=1S/C28H35ClFN3O5S/c1-15-9-22(39-4)20(26(35)32-15)11-31-25(34)19-10-21(29)24-23(16(19)2)37-27(3,38-24)17-5-7-18(8-6-17)33-28(12-30)13-36-14-28/h9-10,17-18,33H,5-8,11-14H2,1-4H3,(H,31,34)(H,32,35). The van der Waals surface area contributed by atoms with Crippen molar-refractivity contribution in [3.8, 4) is 11.5 Å². The summed E-state index contributed by atoms with van der Waals surface area (Å²) in [6.45, 7) is 6.03. The minimum Gasteiger partial charge on any atom is -0.448 e. The highest BCUT2D eigenvalue weighted by Gasteiger charge is 2.48. The summed E-state index contributed by atoms with van der Waals surface area (Å²) in [4.78, 5) is 29.3. The van der Waals surface area contributed by atoms with Gasteiger partial charge in [0.25, 0.3) is 17.3 Å². The fraction of sp³-hybridized carbons (Fsp3) is 0.571. The Hall–Kier alpha value is -2.27. The molecule has 8 nitrogen and oxygen atoms in total. The van der Waals surface area contributed by atoms with Crippen LogP contribution in [0, 0.1) is 19.8 Å². The van der Waals surface area contributed by atoms with E-state index in [1.165, 1.54) is 11.8 Å². The predicted molar refractivity (Wildman–Crippen MR) is 149 cm³/mol. The van der Waals surface area contributed by atoms with E-state index in [4.69, 9.17) is 25.8 Å². The quantitative estimate of drug-likeness (QED) is 0.391. The summed E-state index contributed by atoms with van der Waals surface area (Å²) in [7, 11) is 0. The molecule has 1 amide bonds. The van der Waals surface area contributed by atoms with Gasteiger partial charge in [-0.3, -0.25) is 9.59 Å². The van der Waals surface area contributed by atoms with Crippen LogP contribution in [0.3, 0.4) is 0 Å². The lowest BCUT2D eigenvalue weighted by atomic mass is 9.80. The number of carbonyl (C=O) groups is 1. The van der Waals surface area contributed by atoms with Crippen molar-refractivity contribution in [2.24, 2.45) is 5.92 Å². The Labute approximate surface area is 236 Å². The zero-order valence-corrected chi connectivity index (χ0v) is 24.2. The Bertz CT molecular complexity index is 1320. The Morgan fingerprint density at radius 3 is 2.49 bits per heavy atom. The van der Waals surface area contributed by atoms with Crippen molar-refractivity contribution in [2.45, 2.75) is 75.3 Å². The van der Waals surface area contributed by atoms with E-state index in [0.717, 1.165) is 36.3 Å². The molecule has 39 heavy (non-hydrogen) atoms. The molecule has 2 fully saturated rings. The molecule has 3 N–H and O–H groups in total. The topological polar surface area (TPSA) is 102 Å². The van der Waals surface area contributed by atoms with Gasteiger partial charge in [0.1, 0.15) is 6.67 Å². The van der Waals surface area contributed by atoms with Crippen molar-refractivity contribution >= 4 is 29.3 Å². The van der Waals surface area contributed by atoms with Crippen LogP contribution < -0.4 is 25.7 Å². The van der Waals surface area contributed by atoms with E-state index in [-0.39, 0.29) is 30.0 Å². The molecule has 3 heterocycles. The lowest BCUT2D eigenvalue weighted by Gasteiger charge is -2.45. The van der Waals surface area contributed by atoms with E-state index in [1.54, 1.807) is 6.07 Å². The summed E-state index contributed by atoms with van der Waals surface area (Å²) in [6, 6.07) is 3.70. The molecule has 2 aromatic rings. The van der Waals surface area contributed by atoms with Crippen LogP contribution in [0.25, 0.3) is 0 Å². The second-order valence-corrected chi connectivity index (χ2v) is 12.3. The molecule has 1 saturated carbocycles. The number of hydrogen-bond acceptors (Lipinski definition) is 7. The number of aromatic nitrogens is 1. The summed E-state index contributed by atoms with van der Waals surface area (Å²) >= 11 is 8.06. The van der Waals surface area contributed by atoms with Crippen LogP contribution in [0.2, 0.25) is 5.02 Å². The van der Waals surface area contributed by atoms with Crippen molar-refractivity contribution in [1.29, 1.82) is 0 Å². The molecular weight excluding hydrogens is 545 g/mol. The molecule has 1 aliphatic carbocycles. The van der Waals surface area contributed by atoms with Crippen LogP contribution in [0.4, 0.5) is 4.39 Å². The van der Waals surface area contributed by atoms with Crippen LogP contribution in [-0.2, 0) is 11.3 Å². The molecular formula is C28H35ClFN3O5S. The van der Waals surface area contributed by atoms with Crippen LogP contribution in [0.1, 0.15) is 59.8 Å². The van der Waals surface area contributed by atoms with E-state index < -0.39 is 18.0 Å². The maximum absolute atomic E-state index is 13.5. The summed E-state index contributed by atoms with van der Waals surface area (Å²) in [5, 5.41) is 6.62. The van der Waals surface area contributed by atoms with Gasteiger partial charge < -0.3 is 29.8 Å². The minimum atomic E-state index is -0.920. The number of fused-ring (bicyclic) bond motifs is 1. The number of ether oxygens (including phenoxy) is 3. The van der Waals surface area contributed by atoms with Gasteiger partial charge in [-0.05, 0) is 57.9 Å². The van der Waals surface area contributed by atoms with Gasteiger partial charge in [-0.25, -0.2) is 4.39 Å². The van der Waals surface area contributed by atoms with Crippen molar-refractivity contribution in [1.82, 2.24) is 15.6 Å². The van der Waals surface area contributed by atoms with Crippen LogP contribution in [-0.4, -0.2) is 54.4 Å². The number of alkyl halides is 1. The molecule has 3 aliphatic rings. The highest BCUT2D eigenvalue weighted by atomic mass is 35.5. The number of nitrogens with one attached hydrogen (secondary N) is 3. The van der Waals surface area contributed by atoms with Gasteiger partial charge in [0.05, 0.1) is 23.8 Å². The van der Waals surface area contributed by atoms with Crippen molar-refractivity contribution in [3.05, 3.63) is 49.9 Å². The number of carbonyl (C=O) groups excluding carboxylic acids is 1. The molecule has 0 bridgehead atoms. The fourth-order valence-electron chi connectivity index (χ4n) is 5.79. The Balaban J connectivity index is 1.27. The minimum absolute atomic E-state index is 0.0843. The summed E-state index contributed by atoms with van der Waals surface area (Å²) in [5.74, 6) is -0.258. The first kappa shape index (κ1) is 28.3. The molecule has 0 radical (unpaired) electrons. The zero-order chi connectivity index (χ0) is 27.9. The first-order chi connectivity index (χ1) is 18.6. The first-order valence-corrected chi connectivity index (χ1v) is 14.9. The fourth-order valence-corrected chi connectivity index (χ4v) is 6.73. The van der Waals surface area contributed by atoms with Gasteiger partial charge in [0, 0.05) is 52.7 Å². The van der Waals surface area contributed by atoms with Gasteiger partial charge in [-0.1, -0.05) is 11.6 Å². The van der Waals surface area contributed by atoms with E-state index in [0.29, 0.717) is 46.4 Å². The number of thioether (sulfide) groups is 1. The molecule has 212 valence electrons. The van der Waals surface area contributed by atoms with Crippen molar-refractivity contribution in [3.63, 3.8) is 0 Å². The van der Waals surface area contributed by atoms with E-state index in [2.05, 4.69) is 15.6 Å². The maximum atomic E-state index is 13.5. The monoisotopic (exact) mass is 579 g/mol.